The summed E-state index contributed by atoms with van der Waals surface area (Å²) in [5.74, 6) is 2.12. The summed E-state index contributed by atoms with van der Waals surface area (Å²) in [5.41, 5.74) is 0.964. The molecule has 1 unspecified atom stereocenters. The van der Waals surface area contributed by atoms with Gasteiger partial charge in [0, 0.05) is 20.0 Å². The molecule has 1 heterocycles. The van der Waals surface area contributed by atoms with Crippen molar-refractivity contribution >= 4 is 6.09 Å². The van der Waals surface area contributed by atoms with Crippen LogP contribution in [0.3, 0.4) is 0 Å². The van der Waals surface area contributed by atoms with Gasteiger partial charge < -0.3 is 19.1 Å². The fourth-order valence-corrected chi connectivity index (χ4v) is 2.78. The van der Waals surface area contributed by atoms with Crippen LogP contribution in [0.2, 0.25) is 0 Å². The Balaban J connectivity index is 1.72. The molecule has 3 rings (SSSR count). The number of nitrogens with zero attached hydrogens (tertiary/aromatic N) is 1. The van der Waals surface area contributed by atoms with Crippen molar-refractivity contribution in [2.75, 3.05) is 27.3 Å². The molecule has 5 heteroatoms. The van der Waals surface area contributed by atoms with Gasteiger partial charge in [-0.05, 0) is 36.5 Å². The molecule has 1 aromatic carbocycles. The molecule has 1 saturated heterocycles. The van der Waals surface area contributed by atoms with E-state index in [9.17, 15) is 4.79 Å². The van der Waals surface area contributed by atoms with Crippen LogP contribution < -0.4 is 9.47 Å². The SMILES string of the molecule is COc1ccc(C2CCN(C)C(=O)O2)cc1OCC1CCC1. The molecule has 2 aliphatic rings. The molecule has 1 atom stereocenters. The molecule has 1 aliphatic heterocycles. The predicted molar refractivity (Wildman–Crippen MR) is 82.3 cm³/mol. The summed E-state index contributed by atoms with van der Waals surface area (Å²) >= 11 is 0. The predicted octanol–water partition coefficient (Wildman–Crippen LogP) is 3.39. The molecule has 0 N–H and O–H groups in total. The highest BCUT2D eigenvalue weighted by Crippen LogP contribution is 2.35. The lowest BCUT2D eigenvalue weighted by Gasteiger charge is -2.30. The van der Waals surface area contributed by atoms with E-state index in [4.69, 9.17) is 14.2 Å². The van der Waals surface area contributed by atoms with Crippen LogP contribution in [0.1, 0.15) is 37.4 Å². The average Bonchev–Trinajstić information content (AvgIpc) is 2.48. The first-order valence-corrected chi connectivity index (χ1v) is 7.90. The van der Waals surface area contributed by atoms with Crippen LogP contribution in [0.5, 0.6) is 11.5 Å². The number of benzene rings is 1. The summed E-state index contributed by atoms with van der Waals surface area (Å²) in [4.78, 5) is 13.3. The number of ether oxygens (including phenoxy) is 3. The van der Waals surface area contributed by atoms with Crippen molar-refractivity contribution in [2.24, 2.45) is 5.92 Å². The lowest BCUT2D eigenvalue weighted by molar-refractivity contribution is 0.0322. The first-order chi connectivity index (χ1) is 10.7. The van der Waals surface area contributed by atoms with Crippen molar-refractivity contribution in [3.8, 4) is 11.5 Å². The van der Waals surface area contributed by atoms with Crippen LogP contribution in [0.4, 0.5) is 4.79 Å². The van der Waals surface area contributed by atoms with E-state index in [0.29, 0.717) is 12.5 Å². The lowest BCUT2D eigenvalue weighted by Crippen LogP contribution is -2.35. The zero-order chi connectivity index (χ0) is 15.5. The van der Waals surface area contributed by atoms with Gasteiger partial charge in [0.1, 0.15) is 6.10 Å². The van der Waals surface area contributed by atoms with Crippen LogP contribution >= 0.6 is 0 Å². The zero-order valence-electron chi connectivity index (χ0n) is 13.2. The number of hydrogen-bond donors (Lipinski definition) is 0. The number of carbonyl (C=O) groups excluding carboxylic acids is 1. The minimum atomic E-state index is -0.274. The van der Waals surface area contributed by atoms with Crippen LogP contribution in [0.15, 0.2) is 18.2 Å². The van der Waals surface area contributed by atoms with Gasteiger partial charge in [0.25, 0.3) is 0 Å². The van der Waals surface area contributed by atoms with Crippen molar-refractivity contribution in [3.05, 3.63) is 23.8 Å². The fourth-order valence-electron chi connectivity index (χ4n) is 2.78. The second kappa shape index (κ2) is 6.46. The van der Waals surface area contributed by atoms with E-state index >= 15 is 0 Å². The van der Waals surface area contributed by atoms with Gasteiger partial charge >= 0.3 is 6.09 Å². The molecule has 0 bridgehead atoms. The van der Waals surface area contributed by atoms with Gasteiger partial charge in [0.2, 0.25) is 0 Å². The molecule has 0 aromatic heterocycles. The van der Waals surface area contributed by atoms with Crippen LogP contribution in [-0.4, -0.2) is 38.3 Å². The molecule has 120 valence electrons. The van der Waals surface area contributed by atoms with E-state index in [-0.39, 0.29) is 12.2 Å². The second-order valence-corrected chi connectivity index (χ2v) is 6.10. The van der Waals surface area contributed by atoms with Gasteiger partial charge in [-0.3, -0.25) is 0 Å². The topological polar surface area (TPSA) is 48.0 Å². The van der Waals surface area contributed by atoms with E-state index in [0.717, 1.165) is 30.1 Å². The van der Waals surface area contributed by atoms with Gasteiger partial charge in [-0.2, -0.15) is 0 Å². The van der Waals surface area contributed by atoms with Crippen molar-refractivity contribution < 1.29 is 19.0 Å². The number of carbonyl (C=O) groups is 1. The first kappa shape index (κ1) is 15.0. The van der Waals surface area contributed by atoms with E-state index in [1.807, 2.05) is 18.2 Å². The third-order valence-electron chi connectivity index (χ3n) is 4.54. The Kier molecular flexibility index (Phi) is 4.41. The van der Waals surface area contributed by atoms with E-state index in [1.54, 1.807) is 19.1 Å². The smallest absolute Gasteiger partial charge is 0.410 e. The Bertz CT molecular complexity index is 541. The third-order valence-corrected chi connectivity index (χ3v) is 4.54. The Morgan fingerprint density at radius 3 is 2.73 bits per heavy atom. The first-order valence-electron chi connectivity index (χ1n) is 7.90. The van der Waals surface area contributed by atoms with Crippen LogP contribution in [0.25, 0.3) is 0 Å². The monoisotopic (exact) mass is 305 g/mol. The van der Waals surface area contributed by atoms with Crippen LogP contribution in [0, 0.1) is 5.92 Å². The van der Waals surface area contributed by atoms with E-state index in [1.165, 1.54) is 19.3 Å². The maximum absolute atomic E-state index is 11.7. The van der Waals surface area contributed by atoms with Gasteiger partial charge in [0.15, 0.2) is 11.5 Å². The lowest BCUT2D eigenvalue weighted by atomic mass is 9.86. The summed E-state index contributed by atoms with van der Waals surface area (Å²) < 4.78 is 16.8. The van der Waals surface area contributed by atoms with Gasteiger partial charge in [-0.15, -0.1) is 0 Å². The normalized spacial score (nSPS) is 22.0. The Morgan fingerprint density at radius 1 is 1.27 bits per heavy atom. The molecule has 0 radical (unpaired) electrons. The number of cyclic esters (lactones) is 1. The molecule has 2 fully saturated rings. The molecule has 1 saturated carbocycles. The number of amides is 1. The van der Waals surface area contributed by atoms with Crippen molar-refractivity contribution in [1.29, 1.82) is 0 Å². The standard InChI is InChI=1S/C17H23NO4/c1-18-9-8-14(22-17(18)19)13-6-7-15(20-2)16(10-13)21-11-12-4-3-5-12/h6-7,10,12,14H,3-5,8-9,11H2,1-2H3. The molecule has 0 spiro atoms. The van der Waals surface area contributed by atoms with Gasteiger partial charge in [0.05, 0.1) is 13.7 Å². The second-order valence-electron chi connectivity index (χ2n) is 6.10. The summed E-state index contributed by atoms with van der Waals surface area (Å²) in [6.07, 6.45) is 4.10. The fraction of sp³-hybridized carbons (Fsp3) is 0.588. The van der Waals surface area contributed by atoms with Crippen LogP contribution in [-0.2, 0) is 4.74 Å². The molecular formula is C17H23NO4. The molecular weight excluding hydrogens is 282 g/mol. The molecule has 1 aliphatic carbocycles. The highest BCUT2D eigenvalue weighted by Gasteiger charge is 2.26. The van der Waals surface area contributed by atoms with Crippen molar-refractivity contribution in [3.63, 3.8) is 0 Å². The van der Waals surface area contributed by atoms with Crippen molar-refractivity contribution in [1.82, 2.24) is 4.90 Å². The molecule has 1 aromatic rings. The maximum atomic E-state index is 11.7. The summed E-state index contributed by atoms with van der Waals surface area (Å²) in [6.45, 7) is 1.43. The number of hydrogen-bond acceptors (Lipinski definition) is 4. The Hall–Kier alpha value is -1.91. The largest absolute Gasteiger partial charge is 0.493 e. The molecule has 1 amide bonds. The maximum Gasteiger partial charge on any atom is 0.410 e. The molecule has 22 heavy (non-hydrogen) atoms. The highest BCUT2D eigenvalue weighted by atomic mass is 16.6. The zero-order valence-corrected chi connectivity index (χ0v) is 13.2. The Morgan fingerprint density at radius 2 is 2.09 bits per heavy atom. The molecule has 5 nitrogen and oxygen atoms in total. The minimum Gasteiger partial charge on any atom is -0.493 e. The van der Waals surface area contributed by atoms with Crippen molar-refractivity contribution in [2.45, 2.75) is 31.8 Å². The van der Waals surface area contributed by atoms with Gasteiger partial charge in [-0.25, -0.2) is 4.79 Å². The number of methoxy groups -OCH3 is 1. The third kappa shape index (κ3) is 3.13. The summed E-state index contributed by atoms with van der Waals surface area (Å²) in [5, 5.41) is 0. The summed E-state index contributed by atoms with van der Waals surface area (Å²) in [6, 6.07) is 5.77. The Labute approximate surface area is 131 Å². The number of rotatable bonds is 5. The van der Waals surface area contributed by atoms with E-state index < -0.39 is 0 Å². The average molecular weight is 305 g/mol. The van der Waals surface area contributed by atoms with Gasteiger partial charge in [-0.1, -0.05) is 12.5 Å². The van der Waals surface area contributed by atoms with E-state index in [2.05, 4.69) is 0 Å². The highest BCUT2D eigenvalue weighted by molar-refractivity contribution is 5.68. The quantitative estimate of drug-likeness (QED) is 0.836. The summed E-state index contributed by atoms with van der Waals surface area (Å²) in [7, 11) is 3.39. The minimum absolute atomic E-state index is 0.208.